The van der Waals surface area contributed by atoms with Gasteiger partial charge in [0, 0.05) is 18.8 Å². The molecule has 2 aromatic rings. The number of rotatable bonds is 3. The maximum atomic E-state index is 5.80. The van der Waals surface area contributed by atoms with Crippen molar-refractivity contribution in [1.82, 2.24) is 9.97 Å². The lowest BCUT2D eigenvalue weighted by Crippen LogP contribution is -2.18. The number of aryl methyl sites for hydroxylation is 2. The van der Waals surface area contributed by atoms with Crippen molar-refractivity contribution in [2.75, 3.05) is 11.9 Å². The second-order valence-corrected chi connectivity index (χ2v) is 4.35. The Bertz CT molecular complexity index is 524. The molecule has 0 saturated heterocycles. The van der Waals surface area contributed by atoms with Crippen LogP contribution in [0.2, 0.25) is 5.28 Å². The zero-order chi connectivity index (χ0) is 12.4. The number of furan rings is 1. The van der Waals surface area contributed by atoms with Gasteiger partial charge in [0.2, 0.25) is 5.28 Å². The second-order valence-electron chi connectivity index (χ2n) is 4.01. The molecule has 0 N–H and O–H groups in total. The Labute approximate surface area is 105 Å². The average Bonchev–Trinajstić information content (AvgIpc) is 2.67. The van der Waals surface area contributed by atoms with Crippen molar-refractivity contribution in [3.05, 3.63) is 40.7 Å². The van der Waals surface area contributed by atoms with Gasteiger partial charge in [0.05, 0.1) is 6.54 Å². The largest absolute Gasteiger partial charge is 0.464 e. The molecule has 0 bridgehead atoms. The third-order valence-corrected chi connectivity index (χ3v) is 2.65. The molecule has 0 spiro atoms. The summed E-state index contributed by atoms with van der Waals surface area (Å²) in [5.41, 5.74) is 0.986. The summed E-state index contributed by atoms with van der Waals surface area (Å²) in [5, 5.41) is 0.257. The Morgan fingerprint density at radius 2 is 2.12 bits per heavy atom. The van der Waals surface area contributed by atoms with Crippen molar-refractivity contribution in [3.63, 3.8) is 0 Å². The number of anilines is 1. The van der Waals surface area contributed by atoms with Crippen LogP contribution in [0.25, 0.3) is 0 Å². The van der Waals surface area contributed by atoms with E-state index < -0.39 is 0 Å². The predicted molar refractivity (Wildman–Crippen MR) is 67.3 cm³/mol. The van der Waals surface area contributed by atoms with Crippen molar-refractivity contribution >= 4 is 17.4 Å². The highest BCUT2D eigenvalue weighted by atomic mass is 35.5. The first-order chi connectivity index (χ1) is 8.06. The van der Waals surface area contributed by atoms with Crippen molar-refractivity contribution in [1.29, 1.82) is 0 Å². The van der Waals surface area contributed by atoms with Gasteiger partial charge in [0.15, 0.2) is 0 Å². The van der Waals surface area contributed by atoms with Crippen LogP contribution in [0.3, 0.4) is 0 Å². The molecule has 90 valence electrons. The molecule has 0 fully saturated rings. The molecule has 5 heteroatoms. The van der Waals surface area contributed by atoms with Gasteiger partial charge in [-0.25, -0.2) is 9.97 Å². The van der Waals surface area contributed by atoms with E-state index in [9.17, 15) is 0 Å². The summed E-state index contributed by atoms with van der Waals surface area (Å²) in [6.07, 6.45) is 1.72. The van der Waals surface area contributed by atoms with Gasteiger partial charge in [-0.05, 0) is 37.6 Å². The normalized spacial score (nSPS) is 10.6. The molecule has 2 rings (SSSR count). The molecule has 0 aliphatic heterocycles. The zero-order valence-corrected chi connectivity index (χ0v) is 10.8. The Kier molecular flexibility index (Phi) is 3.33. The first-order valence-electron chi connectivity index (χ1n) is 5.32. The number of hydrogen-bond donors (Lipinski definition) is 0. The lowest BCUT2D eigenvalue weighted by Gasteiger charge is -2.18. The maximum Gasteiger partial charge on any atom is 0.224 e. The smallest absolute Gasteiger partial charge is 0.224 e. The first kappa shape index (κ1) is 11.9. The average molecular weight is 252 g/mol. The summed E-state index contributed by atoms with van der Waals surface area (Å²) in [4.78, 5) is 10.1. The molecule has 4 nitrogen and oxygen atoms in total. The SMILES string of the molecule is Cc1ccc(CN(C)c2nc(Cl)ncc2C)o1. The van der Waals surface area contributed by atoms with E-state index in [4.69, 9.17) is 16.0 Å². The molecule has 17 heavy (non-hydrogen) atoms. The number of aromatic nitrogens is 2. The molecular weight excluding hydrogens is 238 g/mol. The van der Waals surface area contributed by atoms with E-state index in [2.05, 4.69) is 9.97 Å². The quantitative estimate of drug-likeness (QED) is 0.787. The molecule has 0 saturated carbocycles. The van der Waals surface area contributed by atoms with Crippen LogP contribution in [0, 0.1) is 13.8 Å². The van der Waals surface area contributed by atoms with Gasteiger partial charge in [0.1, 0.15) is 17.3 Å². The molecule has 0 atom stereocenters. The van der Waals surface area contributed by atoms with E-state index in [1.165, 1.54) is 0 Å². The lowest BCUT2D eigenvalue weighted by atomic mass is 10.3. The highest BCUT2D eigenvalue weighted by Crippen LogP contribution is 2.19. The molecule has 0 radical (unpaired) electrons. The minimum Gasteiger partial charge on any atom is -0.464 e. The Hall–Kier alpha value is -1.55. The topological polar surface area (TPSA) is 42.2 Å². The van der Waals surface area contributed by atoms with Crippen molar-refractivity contribution < 1.29 is 4.42 Å². The Morgan fingerprint density at radius 1 is 1.35 bits per heavy atom. The van der Waals surface area contributed by atoms with Crippen LogP contribution in [0.1, 0.15) is 17.1 Å². The third-order valence-electron chi connectivity index (χ3n) is 2.47. The number of nitrogens with zero attached hydrogens (tertiary/aromatic N) is 3. The van der Waals surface area contributed by atoms with Gasteiger partial charge in [-0.1, -0.05) is 0 Å². The zero-order valence-electron chi connectivity index (χ0n) is 10.1. The van der Waals surface area contributed by atoms with Gasteiger partial charge in [-0.3, -0.25) is 0 Å². The fraction of sp³-hybridized carbons (Fsp3) is 0.333. The molecule has 0 unspecified atom stereocenters. The summed E-state index contributed by atoms with van der Waals surface area (Å²) >= 11 is 5.80. The monoisotopic (exact) mass is 251 g/mol. The van der Waals surface area contributed by atoms with E-state index in [1.807, 2.05) is 37.9 Å². The van der Waals surface area contributed by atoms with Gasteiger partial charge >= 0.3 is 0 Å². The van der Waals surface area contributed by atoms with Gasteiger partial charge in [-0.2, -0.15) is 0 Å². The van der Waals surface area contributed by atoms with E-state index in [-0.39, 0.29) is 5.28 Å². The van der Waals surface area contributed by atoms with Gasteiger partial charge in [0.25, 0.3) is 0 Å². The fourth-order valence-corrected chi connectivity index (χ4v) is 1.81. The van der Waals surface area contributed by atoms with Crippen molar-refractivity contribution in [3.8, 4) is 0 Å². The molecule has 2 aromatic heterocycles. The number of halogens is 1. The minimum absolute atomic E-state index is 0.257. The third kappa shape index (κ3) is 2.77. The van der Waals surface area contributed by atoms with Crippen LogP contribution in [-0.2, 0) is 6.54 Å². The molecule has 0 aromatic carbocycles. The van der Waals surface area contributed by atoms with Crippen LogP contribution in [0.4, 0.5) is 5.82 Å². The number of hydrogen-bond acceptors (Lipinski definition) is 4. The molecular formula is C12H14ClN3O. The van der Waals surface area contributed by atoms with Gasteiger partial charge in [-0.15, -0.1) is 0 Å². The molecule has 0 aliphatic rings. The first-order valence-corrected chi connectivity index (χ1v) is 5.69. The van der Waals surface area contributed by atoms with E-state index in [1.54, 1.807) is 6.20 Å². The van der Waals surface area contributed by atoms with E-state index in [0.29, 0.717) is 6.54 Å². The lowest BCUT2D eigenvalue weighted by molar-refractivity contribution is 0.481. The summed E-state index contributed by atoms with van der Waals surface area (Å²) in [7, 11) is 1.95. The van der Waals surface area contributed by atoms with Crippen LogP contribution >= 0.6 is 11.6 Å². The Balaban J connectivity index is 2.19. The molecule has 0 amide bonds. The van der Waals surface area contributed by atoms with Crippen molar-refractivity contribution in [2.24, 2.45) is 0 Å². The summed E-state index contributed by atoms with van der Waals surface area (Å²) in [6.45, 7) is 4.54. The van der Waals surface area contributed by atoms with Crippen molar-refractivity contribution in [2.45, 2.75) is 20.4 Å². The van der Waals surface area contributed by atoms with Gasteiger partial charge < -0.3 is 9.32 Å². The highest BCUT2D eigenvalue weighted by Gasteiger charge is 2.10. The van der Waals surface area contributed by atoms with E-state index >= 15 is 0 Å². The van der Waals surface area contributed by atoms with Crippen LogP contribution < -0.4 is 4.90 Å². The Morgan fingerprint density at radius 3 is 2.76 bits per heavy atom. The van der Waals surface area contributed by atoms with Crippen LogP contribution in [0.15, 0.2) is 22.7 Å². The summed E-state index contributed by atoms with van der Waals surface area (Å²) in [5.74, 6) is 2.63. The highest BCUT2D eigenvalue weighted by molar-refractivity contribution is 6.28. The fourth-order valence-electron chi connectivity index (χ4n) is 1.68. The standard InChI is InChI=1S/C12H14ClN3O/c1-8-6-14-12(13)15-11(8)16(3)7-10-5-4-9(2)17-10/h4-6H,7H2,1-3H3. The van der Waals surface area contributed by atoms with Crippen LogP contribution in [0.5, 0.6) is 0 Å². The molecule has 0 aliphatic carbocycles. The molecule has 2 heterocycles. The summed E-state index contributed by atoms with van der Waals surface area (Å²) < 4.78 is 5.53. The maximum absolute atomic E-state index is 5.80. The minimum atomic E-state index is 0.257. The van der Waals surface area contributed by atoms with E-state index in [0.717, 1.165) is 22.9 Å². The van der Waals surface area contributed by atoms with Crippen LogP contribution in [-0.4, -0.2) is 17.0 Å². The second kappa shape index (κ2) is 4.75. The summed E-state index contributed by atoms with van der Waals surface area (Å²) in [6, 6.07) is 3.91. The predicted octanol–water partition coefficient (Wildman–Crippen LogP) is 2.98.